The Balaban J connectivity index is 1.62. The minimum atomic E-state index is -0.236. The van der Waals surface area contributed by atoms with Crippen LogP contribution >= 0.6 is 11.8 Å². The zero-order valence-corrected chi connectivity index (χ0v) is 17.7. The van der Waals surface area contributed by atoms with Gasteiger partial charge in [0.25, 0.3) is 5.91 Å². The topological polar surface area (TPSA) is 78.3 Å². The molecule has 0 aliphatic carbocycles. The molecule has 0 saturated heterocycles. The van der Waals surface area contributed by atoms with Crippen LogP contribution in [0.25, 0.3) is 0 Å². The summed E-state index contributed by atoms with van der Waals surface area (Å²) in [6.45, 7) is 3.85. The van der Waals surface area contributed by atoms with Gasteiger partial charge in [-0.05, 0) is 25.5 Å². The number of amides is 1. The molecule has 0 aliphatic heterocycles. The van der Waals surface area contributed by atoms with Crippen molar-refractivity contribution in [2.75, 3.05) is 19.0 Å². The molecule has 1 N–H and O–H groups in total. The molecule has 0 atom stereocenters. The molecule has 0 saturated carbocycles. The van der Waals surface area contributed by atoms with Crippen molar-refractivity contribution < 1.29 is 14.3 Å². The van der Waals surface area contributed by atoms with Crippen molar-refractivity contribution in [2.24, 2.45) is 7.05 Å². The van der Waals surface area contributed by atoms with Gasteiger partial charge in [-0.15, -0.1) is 0 Å². The molecule has 152 valence electrons. The minimum absolute atomic E-state index is 0.125. The number of hydrogen-bond acceptors (Lipinski definition) is 6. The van der Waals surface area contributed by atoms with Crippen LogP contribution in [0.5, 0.6) is 11.5 Å². The van der Waals surface area contributed by atoms with Gasteiger partial charge in [0.05, 0.1) is 19.0 Å². The van der Waals surface area contributed by atoms with Crippen molar-refractivity contribution in [3.8, 4) is 11.5 Å². The molecule has 29 heavy (non-hydrogen) atoms. The third-order valence-corrected chi connectivity index (χ3v) is 5.34. The van der Waals surface area contributed by atoms with E-state index in [-0.39, 0.29) is 12.5 Å². The van der Waals surface area contributed by atoms with Gasteiger partial charge in [0.2, 0.25) is 0 Å². The fourth-order valence-corrected chi connectivity index (χ4v) is 3.56. The fraction of sp³-hybridized carbons (Fsp3) is 0.286. The van der Waals surface area contributed by atoms with Gasteiger partial charge in [-0.25, -0.2) is 4.98 Å². The van der Waals surface area contributed by atoms with Crippen LogP contribution in [-0.4, -0.2) is 34.2 Å². The Hall–Kier alpha value is -3.00. The highest BCUT2D eigenvalue weighted by Gasteiger charge is 2.12. The van der Waals surface area contributed by atoms with Gasteiger partial charge in [0, 0.05) is 36.9 Å². The molecule has 0 radical (unpaired) electrons. The lowest BCUT2D eigenvalue weighted by Crippen LogP contribution is -2.21. The van der Waals surface area contributed by atoms with Crippen LogP contribution in [0.2, 0.25) is 0 Å². The summed E-state index contributed by atoms with van der Waals surface area (Å²) in [6.07, 6.45) is 5.26. The summed E-state index contributed by atoms with van der Waals surface area (Å²) in [5.74, 6) is 1.35. The van der Waals surface area contributed by atoms with Gasteiger partial charge in [0.15, 0.2) is 23.3 Å². The summed E-state index contributed by atoms with van der Waals surface area (Å²) in [4.78, 5) is 21.0. The van der Waals surface area contributed by atoms with Crippen LogP contribution < -0.4 is 14.8 Å². The fourth-order valence-electron chi connectivity index (χ4n) is 2.72. The summed E-state index contributed by atoms with van der Waals surface area (Å²) < 4.78 is 13.0. The summed E-state index contributed by atoms with van der Waals surface area (Å²) in [5.41, 5.74) is 3.74. The van der Waals surface area contributed by atoms with Gasteiger partial charge in [-0.1, -0.05) is 29.5 Å². The lowest BCUT2D eigenvalue weighted by Gasteiger charge is -2.13. The lowest BCUT2D eigenvalue weighted by atomic mass is 10.1. The standard InChI is InChI=1S/C21H24N4O3S/c1-14-5-6-17(15(2)9-14)24-20(26)12-28-18-10-16(23-11-19(18)27-4)13-29-21-22-7-8-25(21)3/h5-11H,12-13H2,1-4H3,(H,24,26). The van der Waals surface area contributed by atoms with E-state index in [0.29, 0.717) is 17.3 Å². The number of hydrogen-bond donors (Lipinski definition) is 1. The Morgan fingerprint density at radius 2 is 2.03 bits per heavy atom. The number of imidazole rings is 1. The van der Waals surface area contributed by atoms with Crippen molar-refractivity contribution >= 4 is 23.4 Å². The molecular formula is C21H24N4O3S. The van der Waals surface area contributed by atoms with E-state index in [4.69, 9.17) is 9.47 Å². The number of ether oxygens (including phenoxy) is 2. The van der Waals surface area contributed by atoms with Crippen LogP contribution in [-0.2, 0) is 17.6 Å². The largest absolute Gasteiger partial charge is 0.491 e. The van der Waals surface area contributed by atoms with Crippen LogP contribution in [0.4, 0.5) is 5.69 Å². The second-order valence-electron chi connectivity index (χ2n) is 6.59. The molecule has 0 unspecified atom stereocenters. The summed E-state index contributed by atoms with van der Waals surface area (Å²) in [7, 11) is 3.49. The number of anilines is 1. The van der Waals surface area contributed by atoms with Crippen LogP contribution in [0.15, 0.2) is 48.0 Å². The zero-order valence-electron chi connectivity index (χ0n) is 16.9. The number of nitrogens with zero attached hydrogens (tertiary/aromatic N) is 3. The van der Waals surface area contributed by atoms with E-state index in [2.05, 4.69) is 15.3 Å². The molecule has 0 spiro atoms. The Kier molecular flexibility index (Phi) is 6.77. The highest BCUT2D eigenvalue weighted by molar-refractivity contribution is 7.98. The van der Waals surface area contributed by atoms with E-state index in [1.54, 1.807) is 37.3 Å². The monoisotopic (exact) mass is 412 g/mol. The molecule has 2 heterocycles. The van der Waals surface area contributed by atoms with Crippen molar-refractivity contribution in [3.63, 3.8) is 0 Å². The summed E-state index contributed by atoms with van der Waals surface area (Å²) >= 11 is 1.57. The number of aromatic nitrogens is 3. The first-order chi connectivity index (χ1) is 14.0. The molecule has 3 rings (SSSR count). The van der Waals surface area contributed by atoms with Gasteiger partial charge in [-0.3, -0.25) is 9.78 Å². The highest BCUT2D eigenvalue weighted by atomic mass is 32.2. The predicted octanol–water partition coefficient (Wildman–Crippen LogP) is 3.75. The third kappa shape index (κ3) is 5.51. The second kappa shape index (κ2) is 9.47. The number of nitrogens with one attached hydrogen (secondary N) is 1. The molecule has 1 amide bonds. The maximum Gasteiger partial charge on any atom is 0.262 e. The Labute approximate surface area is 174 Å². The molecule has 8 heteroatoms. The average Bonchev–Trinajstić information content (AvgIpc) is 3.11. The molecule has 7 nitrogen and oxygen atoms in total. The second-order valence-corrected chi connectivity index (χ2v) is 7.53. The van der Waals surface area contributed by atoms with Gasteiger partial charge in [-0.2, -0.15) is 0 Å². The van der Waals surface area contributed by atoms with Gasteiger partial charge >= 0.3 is 0 Å². The zero-order chi connectivity index (χ0) is 20.8. The molecule has 0 bridgehead atoms. The maximum atomic E-state index is 12.3. The van der Waals surface area contributed by atoms with Crippen molar-refractivity contribution in [1.82, 2.24) is 14.5 Å². The van der Waals surface area contributed by atoms with E-state index < -0.39 is 0 Å². The number of thioether (sulfide) groups is 1. The van der Waals surface area contributed by atoms with Gasteiger partial charge < -0.3 is 19.4 Å². The van der Waals surface area contributed by atoms with Gasteiger partial charge in [0.1, 0.15) is 0 Å². The number of aryl methyl sites for hydroxylation is 3. The van der Waals surface area contributed by atoms with E-state index >= 15 is 0 Å². The first kappa shape index (κ1) is 20.7. The van der Waals surface area contributed by atoms with Crippen molar-refractivity contribution in [2.45, 2.75) is 24.8 Å². The number of pyridine rings is 1. The Bertz CT molecular complexity index is 1000. The average molecular weight is 413 g/mol. The molecule has 3 aromatic rings. The highest BCUT2D eigenvalue weighted by Crippen LogP contribution is 2.29. The number of carbonyl (C=O) groups excluding carboxylic acids is 1. The SMILES string of the molecule is COc1cnc(CSc2nccn2C)cc1OCC(=O)Nc1ccc(C)cc1C. The molecule has 1 aromatic carbocycles. The van der Waals surface area contributed by atoms with E-state index in [9.17, 15) is 4.79 Å². The molecular weight excluding hydrogens is 388 g/mol. The summed E-state index contributed by atoms with van der Waals surface area (Å²) in [6, 6.07) is 7.66. The smallest absolute Gasteiger partial charge is 0.262 e. The van der Waals surface area contributed by atoms with Crippen molar-refractivity contribution in [3.05, 3.63) is 59.7 Å². The van der Waals surface area contributed by atoms with Crippen LogP contribution in [0.3, 0.4) is 0 Å². The van der Waals surface area contributed by atoms with E-state index in [1.807, 2.05) is 49.9 Å². The van der Waals surface area contributed by atoms with E-state index in [0.717, 1.165) is 27.7 Å². The molecule has 2 aromatic heterocycles. The predicted molar refractivity (Wildman–Crippen MR) is 114 cm³/mol. The summed E-state index contributed by atoms with van der Waals surface area (Å²) in [5, 5.41) is 3.78. The number of methoxy groups -OCH3 is 1. The van der Waals surface area contributed by atoms with Crippen LogP contribution in [0, 0.1) is 13.8 Å². The van der Waals surface area contributed by atoms with E-state index in [1.165, 1.54) is 0 Å². The Morgan fingerprint density at radius 1 is 1.21 bits per heavy atom. The number of carbonyl (C=O) groups is 1. The number of benzene rings is 1. The lowest BCUT2D eigenvalue weighted by molar-refractivity contribution is -0.118. The molecule has 0 fully saturated rings. The Morgan fingerprint density at radius 3 is 2.72 bits per heavy atom. The van der Waals surface area contributed by atoms with Crippen LogP contribution in [0.1, 0.15) is 16.8 Å². The maximum absolute atomic E-state index is 12.3. The third-order valence-electron chi connectivity index (χ3n) is 4.25. The van der Waals surface area contributed by atoms with Crippen molar-refractivity contribution in [1.29, 1.82) is 0 Å². The normalized spacial score (nSPS) is 10.6. The first-order valence-corrected chi connectivity index (χ1v) is 10.1. The quantitative estimate of drug-likeness (QED) is 0.568. The minimum Gasteiger partial charge on any atom is -0.491 e. The first-order valence-electron chi connectivity index (χ1n) is 9.09. The number of rotatable bonds is 8. The molecule has 0 aliphatic rings.